The van der Waals surface area contributed by atoms with E-state index in [9.17, 15) is 65.9 Å². The van der Waals surface area contributed by atoms with E-state index in [1.54, 1.807) is 146 Å². The van der Waals surface area contributed by atoms with Gasteiger partial charge in [-0.2, -0.15) is 0 Å². The predicted octanol–water partition coefficient (Wildman–Crippen LogP) is 15.1. The van der Waals surface area contributed by atoms with Crippen molar-refractivity contribution in [2.45, 2.75) is 260 Å². The standard InChI is InChI=1S/C18H23ClN2O4.2C17H18ClFN2O3.C13H15ClN2O2.C10H18N2O2.C8H7ClO3.C6H5ClO.C4H5FO2.C2H3ClO2.ClH/c1-16(2,3)25-15(23)21-18-9-17(10-18,11-18)20-14(22)8-24-13-6-4-12(19)5-7-13;2*18-11-1-3-12(4-2-11)24-7-13(22)20-15-8-16(9-15,10-15)21-14(23)17(19)5-6-17;14-9-1-3-10(4-2-9)18-5-11(17)16-13-6-12(15,7-13)8-13;1-8(2,3)14-7(13)12-10-4-9(11,5-10)6-10;9-6-1-3-7(4-2-6)12-5-8(10)11;7-5-1-3-6(8)4-2-5;5-4(1-2-4)3(6)7;3-1-2(4)5;/h4-7H,8-11H2,1-3H3,(H,20,22)(H,21,23);2*1-4H,5-10H2,(H,20,22)(H,21,23);1-4H,5-8,15H2,(H,16,17);4-6,11H2,1-3H3,(H,12,13);1-4H,5H2,(H,10,11);1-4,8H;1-2H2,(H,6,7);1H2,(H,4,5);1H. The number of hydrogen-bond acceptors (Lipinski definition) is 21. The molecule has 6 aromatic carbocycles. The number of halogens is 11. The second-order valence-electron chi connectivity index (χ2n) is 39.8. The van der Waals surface area contributed by atoms with Crippen molar-refractivity contribution in [3.05, 3.63) is 176 Å². The molecule has 24 rings (SSSR count). The van der Waals surface area contributed by atoms with Crippen LogP contribution in [0.5, 0.6) is 34.5 Å². The number of phenolic OH excluding ortho intramolecular Hbond substituents is 1. The van der Waals surface area contributed by atoms with Crippen LogP contribution in [-0.2, 0) is 52.6 Å². The number of amides is 8. The molecule has 32 nitrogen and oxygen atoms in total. The number of aromatic hydroxyl groups is 1. The number of carboxylic acid groups (broad SMARTS) is 3. The quantitative estimate of drug-likeness (QED) is 0.0213. The first-order chi connectivity index (χ1) is 63.8. The largest absolute Gasteiger partial charge is 0.508 e. The molecule has 0 unspecified atom stereocenters. The summed E-state index contributed by atoms with van der Waals surface area (Å²) in [5.41, 5.74) is 4.13. The second-order valence-corrected chi connectivity index (χ2v) is 42.7. The van der Waals surface area contributed by atoms with Gasteiger partial charge in [0, 0.05) is 80.0 Å². The van der Waals surface area contributed by atoms with Gasteiger partial charge >= 0.3 is 30.1 Å². The molecule has 18 aliphatic carbocycles. The van der Waals surface area contributed by atoms with E-state index < -0.39 is 64.0 Å². The summed E-state index contributed by atoms with van der Waals surface area (Å²) in [7, 11) is 0. The van der Waals surface area contributed by atoms with Gasteiger partial charge in [0.2, 0.25) is 5.67 Å². The molecular weight excluding hydrogens is 1970 g/mol. The van der Waals surface area contributed by atoms with Gasteiger partial charge < -0.3 is 108 Å². The maximum absolute atomic E-state index is 13.7. The molecule has 0 spiro atoms. The summed E-state index contributed by atoms with van der Waals surface area (Å²) in [6.07, 6.45) is 12.5. The average Bonchev–Trinajstić information content (AvgIpc) is 0.982. The van der Waals surface area contributed by atoms with Gasteiger partial charge in [-0.1, -0.05) is 69.6 Å². The topological polar surface area (TPSA) is 482 Å². The lowest BCUT2D eigenvalue weighted by Crippen LogP contribution is -2.84. The molecule has 0 atom stereocenters. The highest BCUT2D eigenvalue weighted by molar-refractivity contribution is 6.32. The number of alkyl carbamates (subject to hydrolysis) is 2. The number of benzene rings is 6. The van der Waals surface area contributed by atoms with Crippen molar-refractivity contribution in [1.82, 2.24) is 42.5 Å². The third-order valence-electron chi connectivity index (χ3n) is 24.3. The second kappa shape index (κ2) is 43.6. The van der Waals surface area contributed by atoms with Crippen molar-refractivity contribution >= 4 is 159 Å². The van der Waals surface area contributed by atoms with Gasteiger partial charge in [-0.05, 0) is 322 Å². The van der Waals surface area contributed by atoms with Crippen molar-refractivity contribution in [3.63, 3.8) is 0 Å². The molecule has 8 amide bonds. The molecule has 0 saturated heterocycles. The van der Waals surface area contributed by atoms with Gasteiger partial charge in [0.25, 0.3) is 35.4 Å². The third-order valence-corrected chi connectivity index (χ3v) is 26.0. The normalized spacial score (nSPS) is 26.7. The summed E-state index contributed by atoms with van der Waals surface area (Å²) in [6.45, 7) is 10.6. The summed E-state index contributed by atoms with van der Waals surface area (Å²) < 4.78 is 76.3. The van der Waals surface area contributed by atoms with Gasteiger partial charge in [-0.3, -0.25) is 33.6 Å². The molecule has 18 fully saturated rings. The van der Waals surface area contributed by atoms with E-state index in [2.05, 4.69) is 42.5 Å². The minimum absolute atomic E-state index is 0. The fourth-order valence-corrected chi connectivity index (χ4v) is 18.8. The Balaban J connectivity index is 0.000000166. The Labute approximate surface area is 836 Å². The van der Waals surface area contributed by atoms with Crippen molar-refractivity contribution in [2.24, 2.45) is 11.5 Å². The number of phenols is 1. The molecule has 18 saturated carbocycles. The molecule has 752 valence electrons. The monoisotopic (exact) mass is 2080 g/mol. The van der Waals surface area contributed by atoms with E-state index in [0.29, 0.717) is 123 Å². The Hall–Kier alpha value is -10.1. The number of hydrogen-bond donors (Lipinski definition) is 14. The van der Waals surface area contributed by atoms with Crippen molar-refractivity contribution < 1.29 is 119 Å². The SMILES string of the molecule is CC(C)(C)OC(=O)NC12CC(N)(C1)C2.CC(C)(C)OC(=O)NC12CC(NC(=O)COc3ccc(Cl)cc3)(C1)C2.Cl.NC12CC(NC(=O)COc3ccc(Cl)cc3)(C1)C2.O=C(COc1ccc(Cl)cc1)NC12CC(NC(=O)C3(F)CC3)(C1)C2.O=C(COc1ccc(Cl)cc1)NC12CC(NC(=O)C3(F)CC3)(C1)C2.O=C(O)C1(F)CC1.O=C(O)CCl.O=C(O)COc1ccc(Cl)cc1.Oc1ccc(Cl)cc1. The number of carbonyl (C=O) groups is 11. The molecule has 10 bridgehead atoms. The zero-order chi connectivity index (χ0) is 100. The number of nitrogens with two attached hydrogens (primary N) is 2. The van der Waals surface area contributed by atoms with E-state index in [1.165, 1.54) is 0 Å². The molecule has 0 aromatic heterocycles. The van der Waals surface area contributed by atoms with Gasteiger partial charge in [-0.25, -0.2) is 32.3 Å². The molecular formula is C95H113Cl8F3N10O22. The molecule has 18 aliphatic rings. The van der Waals surface area contributed by atoms with Gasteiger partial charge in [0.15, 0.2) is 44.4 Å². The Morgan fingerprint density at radius 3 is 0.696 bits per heavy atom. The van der Waals surface area contributed by atoms with Crippen LogP contribution in [0, 0.1) is 0 Å². The number of rotatable bonds is 27. The Kier molecular flexibility index (Phi) is 34.7. The highest BCUT2D eigenvalue weighted by atomic mass is 35.5. The number of ether oxygens (including phenoxy) is 7. The van der Waals surface area contributed by atoms with E-state index in [-0.39, 0.29) is 155 Å². The number of aliphatic carboxylic acids is 3. The fraction of sp³-hybridized carbons (Fsp3) is 0.505. The van der Waals surface area contributed by atoms with Crippen LogP contribution in [0.25, 0.3) is 0 Å². The lowest BCUT2D eigenvalue weighted by Gasteiger charge is -2.70. The lowest BCUT2D eigenvalue weighted by molar-refractivity contribution is -0.155. The van der Waals surface area contributed by atoms with Crippen LogP contribution in [0.4, 0.5) is 22.8 Å². The van der Waals surface area contributed by atoms with Gasteiger partial charge in [-0.15, -0.1) is 24.0 Å². The zero-order valence-corrected chi connectivity index (χ0v) is 82.5. The molecule has 0 heterocycles. The minimum atomic E-state index is -1.83. The van der Waals surface area contributed by atoms with Crippen LogP contribution in [0.2, 0.25) is 30.1 Å². The average molecular weight is 2090 g/mol. The fourth-order valence-electron chi connectivity index (χ4n) is 18.1. The lowest BCUT2D eigenvalue weighted by atomic mass is 9.44. The van der Waals surface area contributed by atoms with Crippen LogP contribution < -0.4 is 77.7 Å². The minimum Gasteiger partial charge on any atom is -0.508 e. The molecule has 0 radical (unpaired) electrons. The highest BCUT2D eigenvalue weighted by Crippen LogP contribution is 2.64. The van der Waals surface area contributed by atoms with Crippen LogP contribution in [0.3, 0.4) is 0 Å². The first kappa shape index (κ1) is 110. The Morgan fingerprint density at radius 2 is 0.514 bits per heavy atom. The van der Waals surface area contributed by atoms with Crippen LogP contribution >= 0.6 is 93.6 Å². The summed E-state index contributed by atoms with van der Waals surface area (Å²) >= 11 is 39.0. The van der Waals surface area contributed by atoms with Crippen LogP contribution in [0.1, 0.15) is 176 Å². The molecule has 6 aromatic rings. The Morgan fingerprint density at radius 1 is 0.319 bits per heavy atom. The highest BCUT2D eigenvalue weighted by Gasteiger charge is 2.73. The van der Waals surface area contributed by atoms with Gasteiger partial charge in [0.1, 0.15) is 51.6 Å². The molecule has 0 aliphatic heterocycles. The van der Waals surface area contributed by atoms with Crippen LogP contribution in [-0.4, -0.2) is 208 Å². The predicted molar refractivity (Wildman–Crippen MR) is 510 cm³/mol. The van der Waals surface area contributed by atoms with E-state index in [4.69, 9.17) is 146 Å². The number of alkyl halides is 4. The summed E-state index contributed by atoms with van der Waals surface area (Å²) in [5, 5.41) is 59.6. The molecule has 16 N–H and O–H groups in total. The molecule has 43 heteroatoms. The van der Waals surface area contributed by atoms with Crippen molar-refractivity contribution in [3.8, 4) is 34.5 Å². The van der Waals surface area contributed by atoms with Crippen molar-refractivity contribution in [2.75, 3.05) is 38.9 Å². The smallest absolute Gasteiger partial charge is 0.408 e. The zero-order valence-electron chi connectivity index (χ0n) is 76.4. The van der Waals surface area contributed by atoms with Crippen LogP contribution in [0.15, 0.2) is 146 Å². The first-order valence-electron chi connectivity index (χ1n) is 44.0. The molecule has 138 heavy (non-hydrogen) atoms. The van der Waals surface area contributed by atoms with Gasteiger partial charge in [0.05, 0.1) is 5.54 Å². The third kappa shape index (κ3) is 31.5. The summed E-state index contributed by atoms with van der Waals surface area (Å²) in [5.74, 6) is -2.10. The van der Waals surface area contributed by atoms with Crippen molar-refractivity contribution in [1.29, 1.82) is 0 Å². The maximum atomic E-state index is 13.7. The Bertz CT molecular complexity index is 5150. The number of carboxylic acids is 3. The van der Waals surface area contributed by atoms with E-state index in [1.807, 2.05) is 41.5 Å². The van der Waals surface area contributed by atoms with E-state index >= 15 is 0 Å². The summed E-state index contributed by atoms with van der Waals surface area (Å²) in [4.78, 5) is 124. The van der Waals surface area contributed by atoms with E-state index in [0.717, 1.165) is 57.8 Å². The number of carbonyl (C=O) groups excluding carboxylic acids is 8. The number of nitrogens with one attached hydrogen (secondary N) is 8. The maximum Gasteiger partial charge on any atom is 0.408 e. The first-order valence-corrected chi connectivity index (χ1v) is 46.8. The summed E-state index contributed by atoms with van der Waals surface area (Å²) in [6, 6.07) is 40.2.